The Morgan fingerprint density at radius 2 is 2.19 bits per heavy atom. The molecule has 1 saturated heterocycles. The first-order valence-corrected chi connectivity index (χ1v) is 7.98. The number of hydrogen-bond acceptors (Lipinski definition) is 2. The van der Waals surface area contributed by atoms with E-state index in [4.69, 9.17) is 0 Å². The zero-order chi connectivity index (χ0) is 11.0. The average Bonchev–Trinajstić information content (AvgIpc) is 2.89. The lowest BCUT2D eigenvalue weighted by Gasteiger charge is -2.37. The van der Waals surface area contributed by atoms with Crippen LogP contribution in [0.2, 0.25) is 0 Å². The standard InChI is InChI=1S/C13H18BrNS/c14-11-6-8-16-13(11)9-15-7-2-4-10-3-1-5-12(10)15/h6,8,10,12H,1-5,7,9H2. The quantitative estimate of drug-likeness (QED) is 0.788. The van der Waals surface area contributed by atoms with Gasteiger partial charge in [-0.15, -0.1) is 11.3 Å². The van der Waals surface area contributed by atoms with E-state index in [0.717, 1.165) is 12.0 Å². The molecule has 3 rings (SSSR count). The normalized spacial score (nSPS) is 30.6. The maximum atomic E-state index is 3.65. The molecule has 1 saturated carbocycles. The molecule has 0 spiro atoms. The molecule has 88 valence electrons. The van der Waals surface area contributed by atoms with Gasteiger partial charge in [0.1, 0.15) is 0 Å². The predicted molar refractivity (Wildman–Crippen MR) is 72.8 cm³/mol. The summed E-state index contributed by atoms with van der Waals surface area (Å²) < 4.78 is 1.30. The summed E-state index contributed by atoms with van der Waals surface area (Å²) in [4.78, 5) is 4.24. The van der Waals surface area contributed by atoms with Crippen molar-refractivity contribution < 1.29 is 0 Å². The van der Waals surface area contributed by atoms with Crippen LogP contribution in [0, 0.1) is 5.92 Å². The topological polar surface area (TPSA) is 3.24 Å². The van der Waals surface area contributed by atoms with Gasteiger partial charge in [-0.2, -0.15) is 0 Å². The van der Waals surface area contributed by atoms with Crippen LogP contribution in [0.15, 0.2) is 15.9 Å². The number of hydrogen-bond donors (Lipinski definition) is 0. The molecule has 2 unspecified atom stereocenters. The van der Waals surface area contributed by atoms with Gasteiger partial charge in [-0.25, -0.2) is 0 Å². The molecule has 1 nitrogen and oxygen atoms in total. The minimum Gasteiger partial charge on any atom is -0.295 e. The van der Waals surface area contributed by atoms with E-state index >= 15 is 0 Å². The molecular weight excluding hydrogens is 282 g/mol. The second-order valence-corrected chi connectivity index (χ2v) is 6.92. The molecule has 1 aromatic rings. The fraction of sp³-hybridized carbons (Fsp3) is 0.692. The molecule has 0 bridgehead atoms. The van der Waals surface area contributed by atoms with Crippen LogP contribution in [0.4, 0.5) is 0 Å². The fourth-order valence-corrected chi connectivity index (χ4v) is 4.88. The summed E-state index contributed by atoms with van der Waals surface area (Å²) in [6.07, 6.45) is 7.26. The van der Waals surface area contributed by atoms with Crippen LogP contribution in [0.3, 0.4) is 0 Å². The molecule has 1 aromatic heterocycles. The van der Waals surface area contributed by atoms with Crippen molar-refractivity contribution in [3.8, 4) is 0 Å². The van der Waals surface area contributed by atoms with Crippen molar-refractivity contribution in [2.24, 2.45) is 5.92 Å². The number of piperidine rings is 1. The van der Waals surface area contributed by atoms with Crippen LogP contribution < -0.4 is 0 Å². The van der Waals surface area contributed by atoms with E-state index < -0.39 is 0 Å². The van der Waals surface area contributed by atoms with Crippen molar-refractivity contribution in [3.05, 3.63) is 20.8 Å². The Bertz CT molecular complexity index is 363. The van der Waals surface area contributed by atoms with Crippen LogP contribution in [0.25, 0.3) is 0 Å². The largest absolute Gasteiger partial charge is 0.295 e. The van der Waals surface area contributed by atoms with Crippen LogP contribution in [-0.2, 0) is 6.54 Å². The Morgan fingerprint density at radius 3 is 3.00 bits per heavy atom. The third kappa shape index (κ3) is 2.09. The molecule has 2 heterocycles. The lowest BCUT2D eigenvalue weighted by molar-refractivity contribution is 0.107. The summed E-state index contributed by atoms with van der Waals surface area (Å²) in [5, 5.41) is 2.19. The Kier molecular flexibility index (Phi) is 3.37. The van der Waals surface area contributed by atoms with E-state index in [1.54, 1.807) is 0 Å². The molecule has 0 radical (unpaired) electrons. The van der Waals surface area contributed by atoms with Crippen molar-refractivity contribution >= 4 is 27.3 Å². The molecule has 3 heteroatoms. The van der Waals surface area contributed by atoms with Crippen LogP contribution in [0.1, 0.15) is 37.0 Å². The highest BCUT2D eigenvalue weighted by molar-refractivity contribution is 9.10. The third-order valence-corrected chi connectivity index (χ3v) is 6.06. The summed E-state index contributed by atoms with van der Waals surface area (Å²) >= 11 is 5.54. The number of nitrogens with zero attached hydrogens (tertiary/aromatic N) is 1. The van der Waals surface area contributed by atoms with Gasteiger partial charge in [-0.05, 0) is 65.5 Å². The van der Waals surface area contributed by atoms with Crippen molar-refractivity contribution in [2.45, 2.75) is 44.7 Å². The van der Waals surface area contributed by atoms with Gasteiger partial charge in [0.25, 0.3) is 0 Å². The highest BCUT2D eigenvalue weighted by Gasteiger charge is 2.34. The average molecular weight is 300 g/mol. The monoisotopic (exact) mass is 299 g/mol. The van der Waals surface area contributed by atoms with Gasteiger partial charge in [-0.1, -0.05) is 6.42 Å². The molecule has 2 aliphatic rings. The Hall–Kier alpha value is 0.140. The van der Waals surface area contributed by atoms with Crippen LogP contribution in [0.5, 0.6) is 0 Å². The number of rotatable bonds is 2. The van der Waals surface area contributed by atoms with Gasteiger partial charge >= 0.3 is 0 Å². The summed E-state index contributed by atoms with van der Waals surface area (Å²) in [5.41, 5.74) is 0. The van der Waals surface area contributed by atoms with E-state index in [2.05, 4.69) is 32.3 Å². The van der Waals surface area contributed by atoms with Gasteiger partial charge in [0, 0.05) is 21.9 Å². The SMILES string of the molecule is Brc1ccsc1CN1CCCC2CCCC21. The Labute approximate surface area is 110 Å². The smallest absolute Gasteiger partial charge is 0.0342 e. The summed E-state index contributed by atoms with van der Waals surface area (Å²) in [6, 6.07) is 3.07. The number of thiophene rings is 1. The molecule has 1 aliphatic heterocycles. The van der Waals surface area contributed by atoms with Crippen LogP contribution in [-0.4, -0.2) is 17.5 Å². The minimum absolute atomic E-state index is 0.891. The number of likely N-dealkylation sites (tertiary alicyclic amines) is 1. The summed E-state index contributed by atoms with van der Waals surface area (Å²) in [5.74, 6) is 1.01. The van der Waals surface area contributed by atoms with Crippen molar-refractivity contribution in [1.82, 2.24) is 4.90 Å². The maximum Gasteiger partial charge on any atom is 0.0342 e. The lowest BCUT2D eigenvalue weighted by Crippen LogP contribution is -2.41. The van der Waals surface area contributed by atoms with E-state index in [-0.39, 0.29) is 0 Å². The molecule has 16 heavy (non-hydrogen) atoms. The molecule has 0 N–H and O–H groups in total. The third-order valence-electron chi connectivity index (χ3n) is 4.15. The van der Waals surface area contributed by atoms with E-state index in [9.17, 15) is 0 Å². The number of halogens is 1. The van der Waals surface area contributed by atoms with Gasteiger partial charge in [-0.3, -0.25) is 4.90 Å². The van der Waals surface area contributed by atoms with Crippen molar-refractivity contribution in [2.75, 3.05) is 6.54 Å². The molecular formula is C13H18BrNS. The second kappa shape index (κ2) is 4.79. The van der Waals surface area contributed by atoms with E-state index in [0.29, 0.717) is 0 Å². The Morgan fingerprint density at radius 1 is 1.31 bits per heavy atom. The highest BCUT2D eigenvalue weighted by atomic mass is 79.9. The maximum absolute atomic E-state index is 3.65. The van der Waals surface area contributed by atoms with Gasteiger partial charge in [0.05, 0.1) is 0 Å². The van der Waals surface area contributed by atoms with E-state index in [1.165, 1.54) is 54.5 Å². The zero-order valence-electron chi connectivity index (χ0n) is 9.49. The molecule has 0 amide bonds. The first kappa shape index (κ1) is 11.2. The van der Waals surface area contributed by atoms with Gasteiger partial charge in [0.2, 0.25) is 0 Å². The molecule has 0 aromatic carbocycles. The van der Waals surface area contributed by atoms with Gasteiger partial charge in [0.15, 0.2) is 0 Å². The molecule has 2 atom stereocenters. The van der Waals surface area contributed by atoms with Crippen molar-refractivity contribution in [1.29, 1.82) is 0 Å². The summed E-state index contributed by atoms with van der Waals surface area (Å²) in [7, 11) is 0. The van der Waals surface area contributed by atoms with Crippen LogP contribution >= 0.6 is 27.3 Å². The fourth-order valence-electron chi connectivity index (χ4n) is 3.38. The second-order valence-electron chi connectivity index (χ2n) is 5.06. The molecule has 1 aliphatic carbocycles. The highest BCUT2D eigenvalue weighted by Crippen LogP contribution is 2.38. The first-order chi connectivity index (χ1) is 7.84. The van der Waals surface area contributed by atoms with E-state index in [1.807, 2.05) is 11.3 Å². The molecule has 2 fully saturated rings. The van der Waals surface area contributed by atoms with Gasteiger partial charge < -0.3 is 0 Å². The Balaban J connectivity index is 1.72. The summed E-state index contributed by atoms with van der Waals surface area (Å²) in [6.45, 7) is 2.48. The van der Waals surface area contributed by atoms with Crippen molar-refractivity contribution in [3.63, 3.8) is 0 Å². The lowest BCUT2D eigenvalue weighted by atomic mass is 9.92. The predicted octanol–water partition coefficient (Wildman–Crippen LogP) is 4.28. The first-order valence-electron chi connectivity index (χ1n) is 6.30. The number of fused-ring (bicyclic) bond motifs is 1. The minimum atomic E-state index is 0.891. The zero-order valence-corrected chi connectivity index (χ0v) is 11.9.